The molecule has 20 heavy (non-hydrogen) atoms. The van der Waals surface area contributed by atoms with Crippen LogP contribution in [0.25, 0.3) is 0 Å². The molecular weight excluding hydrogens is 329 g/mol. The van der Waals surface area contributed by atoms with Gasteiger partial charge in [-0.3, -0.25) is 9.59 Å². The molecule has 0 heterocycles. The maximum Gasteiger partial charge on any atom is 0.319 e. The van der Waals surface area contributed by atoms with Crippen LogP contribution < -0.4 is 0 Å². The zero-order valence-corrected chi connectivity index (χ0v) is 12.6. The smallest absolute Gasteiger partial charge is 0.319 e. The highest BCUT2D eigenvalue weighted by Gasteiger charge is 2.58. The van der Waals surface area contributed by atoms with E-state index in [0.717, 1.165) is 4.47 Å². The Morgan fingerprint density at radius 1 is 1.45 bits per heavy atom. The van der Waals surface area contributed by atoms with E-state index in [1.165, 1.54) is 11.0 Å². The highest BCUT2D eigenvalue weighted by Crippen LogP contribution is 2.47. The molecule has 1 aliphatic rings. The molecule has 2 rings (SSSR count). The quantitative estimate of drug-likeness (QED) is 0.836. The van der Waals surface area contributed by atoms with Gasteiger partial charge in [0.25, 0.3) is 0 Å². The molecule has 0 aromatic heterocycles. The van der Waals surface area contributed by atoms with Gasteiger partial charge in [-0.2, -0.15) is 0 Å². The summed E-state index contributed by atoms with van der Waals surface area (Å²) in [7, 11) is 0. The molecule has 0 atom stereocenters. The highest BCUT2D eigenvalue weighted by atomic mass is 79.9. The Labute approximate surface area is 124 Å². The van der Waals surface area contributed by atoms with Gasteiger partial charge in [0.05, 0.1) is 0 Å². The molecule has 1 fully saturated rings. The van der Waals surface area contributed by atoms with Crippen molar-refractivity contribution in [3.63, 3.8) is 0 Å². The van der Waals surface area contributed by atoms with Crippen LogP contribution in [0.15, 0.2) is 22.7 Å². The lowest BCUT2D eigenvalue weighted by atomic mass is 10.1. The first-order chi connectivity index (χ1) is 9.40. The monoisotopic (exact) mass is 343 g/mol. The van der Waals surface area contributed by atoms with Gasteiger partial charge < -0.3 is 10.0 Å². The largest absolute Gasteiger partial charge is 0.480 e. The van der Waals surface area contributed by atoms with Gasteiger partial charge in [-0.15, -0.1) is 0 Å². The molecule has 0 saturated heterocycles. The molecule has 1 N–H and O–H groups in total. The second-order valence-electron chi connectivity index (χ2n) is 4.94. The van der Waals surface area contributed by atoms with Crippen molar-refractivity contribution in [1.29, 1.82) is 0 Å². The van der Waals surface area contributed by atoms with E-state index >= 15 is 0 Å². The summed E-state index contributed by atoms with van der Waals surface area (Å²) in [6, 6.07) is 4.50. The van der Waals surface area contributed by atoms with Gasteiger partial charge in [0.15, 0.2) is 0 Å². The van der Waals surface area contributed by atoms with Crippen molar-refractivity contribution in [2.75, 3.05) is 6.54 Å². The van der Waals surface area contributed by atoms with E-state index in [1.807, 2.05) is 0 Å². The zero-order valence-electron chi connectivity index (χ0n) is 11.0. The number of halogens is 2. The Bertz CT molecular complexity index is 557. The number of hydrogen-bond donors (Lipinski definition) is 1. The maximum atomic E-state index is 13.7. The first-order valence-corrected chi connectivity index (χ1v) is 7.16. The van der Waals surface area contributed by atoms with Gasteiger partial charge in [0.2, 0.25) is 5.91 Å². The lowest BCUT2D eigenvalue weighted by Gasteiger charge is -2.24. The lowest BCUT2D eigenvalue weighted by Crippen LogP contribution is -2.40. The topological polar surface area (TPSA) is 57.6 Å². The number of carboxylic acid groups (broad SMARTS) is 1. The molecule has 1 saturated carbocycles. The number of amides is 1. The van der Waals surface area contributed by atoms with Gasteiger partial charge in [-0.25, -0.2) is 4.39 Å². The molecule has 1 amide bonds. The molecule has 1 aromatic carbocycles. The average molecular weight is 344 g/mol. The van der Waals surface area contributed by atoms with Crippen LogP contribution in [0.5, 0.6) is 0 Å². The fourth-order valence-corrected chi connectivity index (χ4v) is 2.55. The van der Waals surface area contributed by atoms with Crippen molar-refractivity contribution in [3.8, 4) is 0 Å². The van der Waals surface area contributed by atoms with Crippen LogP contribution >= 0.6 is 15.9 Å². The summed E-state index contributed by atoms with van der Waals surface area (Å²) in [5.41, 5.74) is -0.908. The minimum Gasteiger partial charge on any atom is -0.480 e. The Kier molecular flexibility index (Phi) is 4.13. The highest BCUT2D eigenvalue weighted by molar-refractivity contribution is 9.10. The van der Waals surface area contributed by atoms with Gasteiger partial charge in [-0.1, -0.05) is 15.9 Å². The van der Waals surface area contributed by atoms with Gasteiger partial charge in [-0.05, 0) is 38.0 Å². The van der Waals surface area contributed by atoms with Crippen LogP contribution in [0.4, 0.5) is 4.39 Å². The normalized spacial score (nSPS) is 15.8. The third-order valence-electron chi connectivity index (χ3n) is 3.61. The molecule has 6 heteroatoms. The predicted molar refractivity (Wildman–Crippen MR) is 74.5 cm³/mol. The number of benzene rings is 1. The van der Waals surface area contributed by atoms with E-state index in [0.29, 0.717) is 24.9 Å². The first kappa shape index (κ1) is 15.0. The van der Waals surface area contributed by atoms with E-state index in [9.17, 15) is 14.0 Å². The third kappa shape index (κ3) is 2.70. The number of hydrogen-bond acceptors (Lipinski definition) is 2. The predicted octanol–water partition coefficient (Wildman–Crippen LogP) is 2.80. The molecule has 0 radical (unpaired) electrons. The Morgan fingerprint density at radius 3 is 2.60 bits per heavy atom. The van der Waals surface area contributed by atoms with Gasteiger partial charge >= 0.3 is 5.97 Å². The van der Waals surface area contributed by atoms with Crippen molar-refractivity contribution in [2.24, 2.45) is 5.41 Å². The zero-order chi connectivity index (χ0) is 14.9. The van der Waals surface area contributed by atoms with Crippen LogP contribution in [-0.4, -0.2) is 28.4 Å². The molecule has 4 nitrogen and oxygen atoms in total. The van der Waals surface area contributed by atoms with E-state index in [-0.39, 0.29) is 6.54 Å². The molecule has 0 aliphatic heterocycles. The van der Waals surface area contributed by atoms with E-state index in [4.69, 9.17) is 5.11 Å². The molecular formula is C14H15BrFNO3. The number of carbonyl (C=O) groups excluding carboxylic acids is 1. The average Bonchev–Trinajstić information content (AvgIpc) is 3.20. The third-order valence-corrected chi connectivity index (χ3v) is 4.10. The molecule has 0 spiro atoms. The standard InChI is InChI=1S/C14H15BrFNO3/c1-2-17(12(18)14(5-6-14)13(19)20)8-9-7-10(15)3-4-11(9)16/h3-4,7H,2,5-6,8H2,1H3,(H,19,20). The number of aliphatic carboxylic acids is 1. The van der Waals surface area contributed by atoms with E-state index in [1.54, 1.807) is 19.1 Å². The molecule has 1 aromatic rings. The number of carboxylic acids is 1. The minimum atomic E-state index is -1.28. The summed E-state index contributed by atoms with van der Waals surface area (Å²) in [6.07, 6.45) is 0.720. The van der Waals surface area contributed by atoms with E-state index < -0.39 is 23.1 Å². The maximum absolute atomic E-state index is 13.7. The van der Waals surface area contributed by atoms with Crippen molar-refractivity contribution in [3.05, 3.63) is 34.1 Å². The minimum absolute atomic E-state index is 0.0790. The summed E-state index contributed by atoms with van der Waals surface area (Å²) in [6.45, 7) is 2.18. The summed E-state index contributed by atoms with van der Waals surface area (Å²) < 4.78 is 14.4. The number of rotatable bonds is 5. The van der Waals surface area contributed by atoms with Crippen LogP contribution in [0, 0.1) is 11.2 Å². The van der Waals surface area contributed by atoms with E-state index in [2.05, 4.69) is 15.9 Å². The van der Waals surface area contributed by atoms with Crippen LogP contribution in [-0.2, 0) is 16.1 Å². The lowest BCUT2D eigenvalue weighted by molar-refractivity contribution is -0.153. The summed E-state index contributed by atoms with van der Waals surface area (Å²) in [5, 5.41) is 9.15. The molecule has 1 aliphatic carbocycles. The summed E-state index contributed by atoms with van der Waals surface area (Å²) in [5.74, 6) is -1.91. The first-order valence-electron chi connectivity index (χ1n) is 6.37. The molecule has 108 valence electrons. The van der Waals surface area contributed by atoms with Crippen molar-refractivity contribution < 1.29 is 19.1 Å². The molecule has 0 unspecified atom stereocenters. The molecule has 0 bridgehead atoms. The fourth-order valence-electron chi connectivity index (χ4n) is 2.14. The van der Waals surface area contributed by atoms with Crippen LogP contribution in [0.3, 0.4) is 0 Å². The van der Waals surface area contributed by atoms with Crippen molar-refractivity contribution >= 4 is 27.8 Å². The fraction of sp³-hybridized carbons (Fsp3) is 0.429. The number of nitrogens with zero attached hydrogens (tertiary/aromatic N) is 1. The second-order valence-corrected chi connectivity index (χ2v) is 5.86. The second kappa shape index (κ2) is 5.52. The van der Waals surface area contributed by atoms with Crippen molar-refractivity contribution in [1.82, 2.24) is 4.90 Å². The Morgan fingerprint density at radius 2 is 2.10 bits per heavy atom. The van der Waals surface area contributed by atoms with Gasteiger partial charge in [0, 0.05) is 23.1 Å². The van der Waals surface area contributed by atoms with Crippen LogP contribution in [0.2, 0.25) is 0 Å². The van der Waals surface area contributed by atoms with Gasteiger partial charge in [0.1, 0.15) is 11.2 Å². The number of carbonyl (C=O) groups is 2. The Hall–Kier alpha value is -1.43. The van der Waals surface area contributed by atoms with Crippen LogP contribution in [0.1, 0.15) is 25.3 Å². The summed E-state index contributed by atoms with van der Waals surface area (Å²) >= 11 is 3.26. The SMILES string of the molecule is CCN(Cc1cc(Br)ccc1F)C(=O)C1(C(=O)O)CC1. The Balaban J connectivity index is 2.19. The van der Waals surface area contributed by atoms with Crippen molar-refractivity contribution in [2.45, 2.75) is 26.3 Å². The summed E-state index contributed by atoms with van der Waals surface area (Å²) in [4.78, 5) is 24.9.